The van der Waals surface area contributed by atoms with Gasteiger partial charge < -0.3 is 15.5 Å². The van der Waals surface area contributed by atoms with Crippen molar-refractivity contribution in [1.82, 2.24) is 5.32 Å². The number of hydrogen-bond acceptors (Lipinski definition) is 3. The van der Waals surface area contributed by atoms with E-state index in [0.29, 0.717) is 6.42 Å². The zero-order chi connectivity index (χ0) is 34.3. The van der Waals surface area contributed by atoms with Crippen LogP contribution in [0, 0.1) is 0 Å². The molecule has 0 fully saturated rings. The van der Waals surface area contributed by atoms with Gasteiger partial charge in [0.2, 0.25) is 5.91 Å². The number of aliphatic hydroxyl groups excluding tert-OH is 2. The Labute approximate surface area is 294 Å². The molecule has 0 aliphatic rings. The lowest BCUT2D eigenvalue weighted by Gasteiger charge is -2.19. The molecule has 3 N–H and O–H groups in total. The molecule has 47 heavy (non-hydrogen) atoms. The highest BCUT2D eigenvalue weighted by atomic mass is 16.3. The summed E-state index contributed by atoms with van der Waals surface area (Å²) < 4.78 is 0. The van der Waals surface area contributed by atoms with Gasteiger partial charge in [0, 0.05) is 6.42 Å². The summed E-state index contributed by atoms with van der Waals surface area (Å²) in [6.07, 6.45) is 49.9. The highest BCUT2D eigenvalue weighted by molar-refractivity contribution is 5.76. The minimum atomic E-state index is -0.857. The highest BCUT2D eigenvalue weighted by Gasteiger charge is 2.17. The topological polar surface area (TPSA) is 69.6 Å². The summed E-state index contributed by atoms with van der Waals surface area (Å²) in [4.78, 5) is 12.3. The number of carbonyl (C=O) groups excluding carboxylic acids is 1. The number of aliphatic hydroxyl groups is 2. The summed E-state index contributed by atoms with van der Waals surface area (Å²) in [5.74, 6) is -0.0713. The van der Waals surface area contributed by atoms with Gasteiger partial charge >= 0.3 is 0 Å². The van der Waals surface area contributed by atoms with Crippen LogP contribution in [-0.4, -0.2) is 34.9 Å². The molecule has 2 atom stereocenters. The number of nitrogens with one attached hydrogen (secondary N) is 1. The third-order valence-corrected chi connectivity index (χ3v) is 9.69. The predicted molar refractivity (Wildman–Crippen MR) is 207 cm³/mol. The molecule has 0 heterocycles. The molecule has 0 saturated heterocycles. The van der Waals surface area contributed by atoms with Crippen LogP contribution in [0.25, 0.3) is 0 Å². The van der Waals surface area contributed by atoms with Crippen LogP contribution in [0.5, 0.6) is 0 Å². The van der Waals surface area contributed by atoms with Crippen molar-refractivity contribution in [2.24, 2.45) is 0 Å². The lowest BCUT2D eigenvalue weighted by molar-refractivity contribution is -0.123. The largest absolute Gasteiger partial charge is 0.394 e. The van der Waals surface area contributed by atoms with Gasteiger partial charge in [0.1, 0.15) is 0 Å². The fourth-order valence-electron chi connectivity index (χ4n) is 6.43. The molecule has 0 aromatic carbocycles. The van der Waals surface area contributed by atoms with E-state index >= 15 is 0 Å². The summed E-state index contributed by atoms with van der Waals surface area (Å²) in [7, 11) is 0. The average Bonchev–Trinajstić information content (AvgIpc) is 3.07. The Morgan fingerprint density at radius 2 is 0.830 bits per heavy atom. The van der Waals surface area contributed by atoms with Crippen LogP contribution in [0.2, 0.25) is 0 Å². The molecule has 4 heteroatoms. The summed E-state index contributed by atoms with van der Waals surface area (Å²) in [6.45, 7) is 4.31. The van der Waals surface area contributed by atoms with E-state index in [9.17, 15) is 15.0 Å². The second-order valence-corrected chi connectivity index (χ2v) is 14.4. The number of amides is 1. The molecule has 0 spiro atoms. The van der Waals surface area contributed by atoms with Crippen molar-refractivity contribution in [2.45, 2.75) is 238 Å². The summed E-state index contributed by atoms with van der Waals surface area (Å²) in [5, 5.41) is 23.0. The van der Waals surface area contributed by atoms with E-state index in [1.54, 1.807) is 6.08 Å². The summed E-state index contributed by atoms with van der Waals surface area (Å²) >= 11 is 0. The van der Waals surface area contributed by atoms with Crippen LogP contribution < -0.4 is 5.32 Å². The van der Waals surface area contributed by atoms with Crippen molar-refractivity contribution < 1.29 is 15.0 Å². The minimum absolute atomic E-state index is 0.0713. The lowest BCUT2D eigenvalue weighted by atomic mass is 10.0. The Morgan fingerprint density at radius 3 is 1.23 bits per heavy atom. The van der Waals surface area contributed by atoms with Crippen molar-refractivity contribution in [1.29, 1.82) is 0 Å². The highest BCUT2D eigenvalue weighted by Crippen LogP contribution is 2.15. The van der Waals surface area contributed by atoms with Crippen molar-refractivity contribution in [3.8, 4) is 0 Å². The Kier molecular flexibility index (Phi) is 38.4. The lowest BCUT2D eigenvalue weighted by Crippen LogP contribution is -2.45. The van der Waals surface area contributed by atoms with E-state index < -0.39 is 12.1 Å². The predicted octanol–water partition coefficient (Wildman–Crippen LogP) is 12.8. The van der Waals surface area contributed by atoms with Gasteiger partial charge in [0.15, 0.2) is 0 Å². The molecule has 0 rings (SSSR count). The molecule has 4 nitrogen and oxygen atoms in total. The number of carbonyl (C=O) groups is 1. The number of allylic oxidation sites excluding steroid dienone is 3. The molecule has 0 radical (unpaired) electrons. The third-order valence-electron chi connectivity index (χ3n) is 9.69. The average molecular weight is 662 g/mol. The Balaban J connectivity index is 3.60. The summed E-state index contributed by atoms with van der Waals surface area (Å²) in [5.41, 5.74) is 0. The quantitative estimate of drug-likeness (QED) is 0.0455. The fourth-order valence-corrected chi connectivity index (χ4v) is 6.43. The van der Waals surface area contributed by atoms with Gasteiger partial charge in [-0.1, -0.05) is 212 Å². The SMILES string of the molecule is CCCCCCCCCCCCCCC/C=C/CC/C=C/C(O)C(CO)NC(=O)CCCCCCCCCCCCCCCCCC. The van der Waals surface area contributed by atoms with E-state index in [2.05, 4.69) is 31.3 Å². The fraction of sp³-hybridized carbons (Fsp3) is 0.884. The van der Waals surface area contributed by atoms with E-state index in [-0.39, 0.29) is 12.5 Å². The van der Waals surface area contributed by atoms with Gasteiger partial charge in [-0.2, -0.15) is 0 Å². The number of hydrogen-bond donors (Lipinski definition) is 3. The Bertz CT molecular complexity index is 676. The van der Waals surface area contributed by atoms with Gasteiger partial charge in [-0.05, 0) is 32.1 Å². The number of rotatable bonds is 38. The van der Waals surface area contributed by atoms with Crippen LogP contribution in [0.3, 0.4) is 0 Å². The molecule has 0 aromatic rings. The molecule has 0 bridgehead atoms. The smallest absolute Gasteiger partial charge is 0.220 e. The van der Waals surface area contributed by atoms with Gasteiger partial charge in [-0.3, -0.25) is 4.79 Å². The Morgan fingerprint density at radius 1 is 0.489 bits per heavy atom. The van der Waals surface area contributed by atoms with Crippen LogP contribution in [0.4, 0.5) is 0 Å². The molecule has 0 aliphatic heterocycles. The molecular weight excluding hydrogens is 578 g/mol. The molecule has 278 valence electrons. The monoisotopic (exact) mass is 662 g/mol. The Hall–Kier alpha value is -1.13. The van der Waals surface area contributed by atoms with Crippen LogP contribution >= 0.6 is 0 Å². The maximum absolute atomic E-state index is 12.3. The van der Waals surface area contributed by atoms with Crippen molar-refractivity contribution in [3.05, 3.63) is 24.3 Å². The third kappa shape index (κ3) is 36.0. The van der Waals surface area contributed by atoms with E-state index in [1.165, 1.54) is 173 Å². The van der Waals surface area contributed by atoms with Crippen LogP contribution in [-0.2, 0) is 4.79 Å². The van der Waals surface area contributed by atoms with Gasteiger partial charge in [0.05, 0.1) is 18.8 Å². The first-order valence-electron chi connectivity index (χ1n) is 21.1. The second kappa shape index (κ2) is 39.3. The van der Waals surface area contributed by atoms with Crippen LogP contribution in [0.1, 0.15) is 226 Å². The maximum Gasteiger partial charge on any atom is 0.220 e. The van der Waals surface area contributed by atoms with Crippen LogP contribution in [0.15, 0.2) is 24.3 Å². The van der Waals surface area contributed by atoms with Gasteiger partial charge in [-0.15, -0.1) is 0 Å². The van der Waals surface area contributed by atoms with Gasteiger partial charge in [0.25, 0.3) is 0 Å². The first-order chi connectivity index (χ1) is 23.2. The van der Waals surface area contributed by atoms with E-state index in [1.807, 2.05) is 6.08 Å². The van der Waals surface area contributed by atoms with E-state index in [0.717, 1.165) is 32.1 Å². The molecule has 0 aromatic heterocycles. The number of unbranched alkanes of at least 4 members (excludes halogenated alkanes) is 29. The molecular formula is C43H83NO3. The van der Waals surface area contributed by atoms with Gasteiger partial charge in [-0.25, -0.2) is 0 Å². The zero-order valence-corrected chi connectivity index (χ0v) is 31.8. The molecule has 0 saturated carbocycles. The van der Waals surface area contributed by atoms with Crippen molar-refractivity contribution in [2.75, 3.05) is 6.61 Å². The molecule has 2 unspecified atom stereocenters. The summed E-state index contributed by atoms with van der Waals surface area (Å²) in [6, 6.07) is -0.633. The first-order valence-corrected chi connectivity index (χ1v) is 21.1. The molecule has 0 aliphatic carbocycles. The zero-order valence-electron chi connectivity index (χ0n) is 31.8. The second-order valence-electron chi connectivity index (χ2n) is 14.4. The van der Waals surface area contributed by atoms with E-state index in [4.69, 9.17) is 0 Å². The molecule has 1 amide bonds. The minimum Gasteiger partial charge on any atom is -0.394 e. The standard InChI is InChI=1S/C43H83NO3/c1-3-5-7-9-11-13-15-17-19-21-22-23-24-26-28-30-32-34-36-38-42(46)41(40-45)44-43(47)39-37-35-33-31-29-27-25-20-18-16-14-12-10-8-6-4-2/h28,30,36,38,41-42,45-46H,3-27,29,31-35,37,39-40H2,1-2H3,(H,44,47)/b30-28+,38-36+. The van der Waals surface area contributed by atoms with Crippen molar-refractivity contribution in [3.63, 3.8) is 0 Å². The van der Waals surface area contributed by atoms with Crippen molar-refractivity contribution >= 4 is 5.91 Å². The first kappa shape index (κ1) is 45.9. The maximum atomic E-state index is 12.3. The normalized spacial score (nSPS) is 13.2.